The average molecular weight is 351 g/mol. The van der Waals surface area contributed by atoms with Crippen molar-refractivity contribution < 1.29 is 14.2 Å². The summed E-state index contributed by atoms with van der Waals surface area (Å²) < 4.78 is 3.61. The van der Waals surface area contributed by atoms with Crippen LogP contribution in [-0.2, 0) is 0 Å². The molecule has 0 bridgehead atoms. The van der Waals surface area contributed by atoms with E-state index >= 15 is 0 Å². The molecule has 0 N–H and O–H groups in total. The normalized spacial score (nSPS) is 12.6. The molecule has 0 saturated heterocycles. The third kappa shape index (κ3) is 2.27. The van der Waals surface area contributed by atoms with Gasteiger partial charge in [0, 0.05) is 11.1 Å². The topological polar surface area (TPSA) is 43.0 Å². The molecule has 1 aliphatic rings. The van der Waals surface area contributed by atoms with Gasteiger partial charge in [-0.1, -0.05) is 60.7 Å². The maximum absolute atomic E-state index is 13.3. The molecule has 4 aromatic rings. The van der Waals surface area contributed by atoms with Crippen LogP contribution < -0.4 is 4.57 Å². The van der Waals surface area contributed by atoms with Crippen LogP contribution >= 0.6 is 0 Å². The number of benzene rings is 3. The van der Waals surface area contributed by atoms with Gasteiger partial charge in [-0.25, -0.2) is 0 Å². The Bertz CT molecular complexity index is 1100. The zero-order valence-corrected chi connectivity index (χ0v) is 14.4. The second kappa shape index (κ2) is 5.88. The summed E-state index contributed by atoms with van der Waals surface area (Å²) in [4.78, 5) is 26.6. The molecule has 1 heterocycles. The lowest BCUT2D eigenvalue weighted by Crippen LogP contribution is -2.38. The van der Waals surface area contributed by atoms with E-state index in [1.807, 2.05) is 67.0 Å². The summed E-state index contributed by atoms with van der Waals surface area (Å²) in [6, 6.07) is 26.2. The summed E-state index contributed by atoms with van der Waals surface area (Å²) in [5.74, 6) is -0.280. The van der Waals surface area contributed by atoms with Crippen molar-refractivity contribution in [2.24, 2.45) is 0 Å². The highest BCUT2D eigenvalue weighted by Gasteiger charge is 2.41. The van der Waals surface area contributed by atoms with E-state index in [-0.39, 0.29) is 11.6 Å². The summed E-state index contributed by atoms with van der Waals surface area (Å²) in [7, 11) is 0. The van der Waals surface area contributed by atoms with Gasteiger partial charge in [0.2, 0.25) is 23.0 Å². The molecular weight excluding hydrogens is 336 g/mol. The number of carbonyl (C=O) groups excluding carboxylic acids is 2. The molecule has 0 aliphatic heterocycles. The van der Waals surface area contributed by atoms with Gasteiger partial charge in [0.1, 0.15) is 11.4 Å². The lowest BCUT2D eigenvalue weighted by atomic mass is 9.89. The van der Waals surface area contributed by atoms with Crippen molar-refractivity contribution in [3.63, 3.8) is 0 Å². The summed E-state index contributed by atoms with van der Waals surface area (Å²) in [6.45, 7) is 0. The van der Waals surface area contributed by atoms with E-state index in [0.717, 1.165) is 11.4 Å². The quantitative estimate of drug-likeness (QED) is 0.457. The van der Waals surface area contributed by atoms with E-state index < -0.39 is 0 Å². The third-order valence-electron chi connectivity index (χ3n) is 4.85. The van der Waals surface area contributed by atoms with Crippen molar-refractivity contribution in [2.45, 2.75) is 0 Å². The van der Waals surface area contributed by atoms with Gasteiger partial charge in [-0.2, -0.15) is 9.13 Å². The van der Waals surface area contributed by atoms with Crippen LogP contribution in [0.25, 0.3) is 11.4 Å². The van der Waals surface area contributed by atoms with Gasteiger partial charge in [-0.05, 0) is 24.3 Å². The van der Waals surface area contributed by atoms with Crippen molar-refractivity contribution in [3.8, 4) is 11.4 Å². The molecule has 3 aromatic carbocycles. The van der Waals surface area contributed by atoms with Gasteiger partial charge in [-0.3, -0.25) is 9.59 Å². The highest BCUT2D eigenvalue weighted by Crippen LogP contribution is 2.28. The smallest absolute Gasteiger partial charge is 0.255 e. The third-order valence-corrected chi connectivity index (χ3v) is 4.85. The second-order valence-electron chi connectivity index (χ2n) is 6.43. The average Bonchev–Trinajstić information content (AvgIpc) is 3.14. The summed E-state index contributed by atoms with van der Waals surface area (Å²) in [6.07, 6.45) is 1.82. The Kier molecular flexibility index (Phi) is 3.37. The van der Waals surface area contributed by atoms with Crippen LogP contribution in [0.4, 0.5) is 0 Å². The molecule has 0 atom stereocenters. The van der Waals surface area contributed by atoms with Crippen LogP contribution in [0.3, 0.4) is 0 Å². The largest absolute Gasteiger partial charge is 0.284 e. The van der Waals surface area contributed by atoms with Gasteiger partial charge in [0.25, 0.3) is 6.33 Å². The first kappa shape index (κ1) is 15.5. The predicted molar refractivity (Wildman–Crippen MR) is 101 cm³/mol. The SMILES string of the molecule is O=C1c2ccccc2C(=O)c2c1n(-c1ccccc1)c[n+]2-c1ccccc1. The molecule has 0 fully saturated rings. The van der Waals surface area contributed by atoms with Crippen molar-refractivity contribution in [2.75, 3.05) is 0 Å². The van der Waals surface area contributed by atoms with Gasteiger partial charge in [-0.15, -0.1) is 0 Å². The molecule has 5 rings (SSSR count). The fourth-order valence-corrected chi connectivity index (χ4v) is 3.60. The molecule has 1 aromatic heterocycles. The van der Waals surface area contributed by atoms with Crippen molar-refractivity contribution >= 4 is 11.6 Å². The minimum absolute atomic E-state index is 0.140. The molecule has 1 aliphatic carbocycles. The van der Waals surface area contributed by atoms with E-state index in [1.165, 1.54) is 0 Å². The van der Waals surface area contributed by atoms with Crippen molar-refractivity contribution in [1.82, 2.24) is 4.57 Å². The van der Waals surface area contributed by atoms with Crippen molar-refractivity contribution in [3.05, 3.63) is 114 Å². The molecule has 0 saturated carbocycles. The number of fused-ring (bicyclic) bond motifs is 2. The Morgan fingerprint density at radius 3 is 1.85 bits per heavy atom. The Morgan fingerprint density at radius 1 is 0.630 bits per heavy atom. The molecule has 4 heteroatoms. The summed E-state index contributed by atoms with van der Waals surface area (Å²) in [5.41, 5.74) is 3.37. The van der Waals surface area contributed by atoms with Crippen molar-refractivity contribution in [1.29, 1.82) is 0 Å². The minimum Gasteiger partial charge on any atom is -0.284 e. The second-order valence-corrected chi connectivity index (χ2v) is 6.43. The zero-order valence-electron chi connectivity index (χ0n) is 14.4. The van der Waals surface area contributed by atoms with Crippen LogP contribution in [0.5, 0.6) is 0 Å². The van der Waals surface area contributed by atoms with E-state index in [0.29, 0.717) is 22.5 Å². The number of rotatable bonds is 2. The lowest BCUT2D eigenvalue weighted by Gasteiger charge is -2.12. The fourth-order valence-electron chi connectivity index (χ4n) is 3.60. The van der Waals surface area contributed by atoms with Gasteiger partial charge in [0.05, 0.1) is 0 Å². The number of imidazole rings is 1. The number of nitrogens with zero attached hydrogens (tertiary/aromatic N) is 2. The lowest BCUT2D eigenvalue weighted by molar-refractivity contribution is -0.597. The standard InChI is InChI=1S/C23H15N2O2/c26-22-18-13-7-8-14-19(18)23(27)21-20(22)24(16-9-3-1-4-10-16)15-25(21)17-11-5-2-6-12-17/h1-15H/q+1. The number of para-hydroxylation sites is 2. The predicted octanol–water partition coefficient (Wildman–Crippen LogP) is 3.53. The van der Waals surface area contributed by atoms with E-state index in [9.17, 15) is 9.59 Å². The maximum atomic E-state index is 13.3. The number of carbonyl (C=O) groups is 2. The van der Waals surface area contributed by atoms with E-state index in [1.54, 1.807) is 33.4 Å². The Morgan fingerprint density at radius 2 is 1.19 bits per heavy atom. The number of aromatic nitrogens is 2. The Hall–Kier alpha value is -3.79. The molecule has 0 unspecified atom stereocenters. The maximum Gasteiger partial charge on any atom is 0.255 e. The highest BCUT2D eigenvalue weighted by atomic mass is 16.1. The molecular formula is C23H15N2O2+. The molecule has 128 valence electrons. The molecule has 0 amide bonds. The fraction of sp³-hybridized carbons (Fsp3) is 0. The van der Waals surface area contributed by atoms with Crippen LogP contribution in [0.2, 0.25) is 0 Å². The molecule has 4 nitrogen and oxygen atoms in total. The summed E-state index contributed by atoms with van der Waals surface area (Å²) >= 11 is 0. The van der Waals surface area contributed by atoms with E-state index in [2.05, 4.69) is 0 Å². The Labute approximate surface area is 155 Å². The Balaban J connectivity index is 1.85. The van der Waals surface area contributed by atoms with Crippen LogP contribution in [0, 0.1) is 0 Å². The number of hydrogen-bond acceptors (Lipinski definition) is 2. The van der Waals surface area contributed by atoms with Crippen LogP contribution in [0.15, 0.2) is 91.3 Å². The highest BCUT2D eigenvalue weighted by molar-refractivity contribution is 6.26. The van der Waals surface area contributed by atoms with E-state index in [4.69, 9.17) is 0 Å². The van der Waals surface area contributed by atoms with Crippen LogP contribution in [0.1, 0.15) is 32.1 Å². The first-order chi connectivity index (χ1) is 13.3. The monoisotopic (exact) mass is 351 g/mol. The van der Waals surface area contributed by atoms with Crippen LogP contribution in [-0.4, -0.2) is 16.1 Å². The summed E-state index contributed by atoms with van der Waals surface area (Å²) in [5, 5.41) is 0. The molecule has 27 heavy (non-hydrogen) atoms. The minimum atomic E-state index is -0.140. The van der Waals surface area contributed by atoms with Gasteiger partial charge in [0.15, 0.2) is 0 Å². The first-order valence-electron chi connectivity index (χ1n) is 8.72. The zero-order chi connectivity index (χ0) is 18.4. The van der Waals surface area contributed by atoms with Gasteiger partial charge < -0.3 is 0 Å². The van der Waals surface area contributed by atoms with Gasteiger partial charge >= 0.3 is 0 Å². The number of hydrogen-bond donors (Lipinski definition) is 0. The molecule has 0 spiro atoms. The first-order valence-corrected chi connectivity index (χ1v) is 8.72. The number of ketones is 2. The molecule has 0 radical (unpaired) electrons.